The van der Waals surface area contributed by atoms with Crippen molar-refractivity contribution >= 4 is 11.9 Å². The lowest BCUT2D eigenvalue weighted by Crippen LogP contribution is -2.45. The van der Waals surface area contributed by atoms with Gasteiger partial charge in [-0.05, 0) is 38.2 Å². The van der Waals surface area contributed by atoms with E-state index in [4.69, 9.17) is 0 Å². The fraction of sp³-hybridized carbons (Fsp3) is 0.556. The molecule has 4 N–H and O–H groups in total. The van der Waals surface area contributed by atoms with Gasteiger partial charge in [-0.3, -0.25) is 4.79 Å². The minimum Gasteiger partial charge on any atom is -0.393 e. The van der Waals surface area contributed by atoms with Gasteiger partial charge in [-0.25, -0.2) is 4.99 Å². The molecule has 6 nitrogen and oxygen atoms in total. The molecule has 0 aliphatic heterocycles. The number of hydrogen-bond acceptors (Lipinski definition) is 3. The summed E-state index contributed by atoms with van der Waals surface area (Å²) in [7, 11) is 0. The number of benzene rings is 1. The van der Waals surface area contributed by atoms with Crippen molar-refractivity contribution in [1.82, 2.24) is 16.0 Å². The summed E-state index contributed by atoms with van der Waals surface area (Å²) in [5.41, 5.74) is 1.07. The third-order valence-corrected chi connectivity index (χ3v) is 4.10. The largest absolute Gasteiger partial charge is 0.393 e. The minimum absolute atomic E-state index is 0.0948. The molecule has 1 aliphatic rings. The predicted molar refractivity (Wildman–Crippen MR) is 95.7 cm³/mol. The molecule has 0 atom stereocenters. The first kappa shape index (κ1) is 18.3. The Morgan fingerprint density at radius 2 is 1.88 bits per heavy atom. The maximum absolute atomic E-state index is 12.0. The molecule has 24 heavy (non-hydrogen) atoms. The van der Waals surface area contributed by atoms with Crippen LogP contribution in [0.4, 0.5) is 0 Å². The van der Waals surface area contributed by atoms with Crippen molar-refractivity contribution in [3.8, 4) is 0 Å². The van der Waals surface area contributed by atoms with E-state index in [-0.39, 0.29) is 18.6 Å². The molecular weight excluding hydrogens is 304 g/mol. The van der Waals surface area contributed by atoms with E-state index >= 15 is 0 Å². The topological polar surface area (TPSA) is 85.8 Å². The maximum atomic E-state index is 12.0. The number of nitrogens with zero attached hydrogens (tertiary/aromatic N) is 1. The second-order valence-electron chi connectivity index (χ2n) is 6.11. The Labute approximate surface area is 143 Å². The first-order valence-corrected chi connectivity index (χ1v) is 8.71. The van der Waals surface area contributed by atoms with Gasteiger partial charge in [0.2, 0.25) is 5.91 Å². The van der Waals surface area contributed by atoms with Crippen molar-refractivity contribution in [2.75, 3.05) is 13.1 Å². The highest BCUT2D eigenvalue weighted by Gasteiger charge is 2.20. The van der Waals surface area contributed by atoms with Crippen LogP contribution in [0.25, 0.3) is 0 Å². The second kappa shape index (κ2) is 9.93. The van der Waals surface area contributed by atoms with Crippen LogP contribution in [0.1, 0.15) is 38.2 Å². The zero-order valence-corrected chi connectivity index (χ0v) is 14.3. The summed E-state index contributed by atoms with van der Waals surface area (Å²) in [4.78, 5) is 16.3. The maximum Gasteiger partial charge on any atom is 0.242 e. The van der Waals surface area contributed by atoms with Crippen LogP contribution in [-0.2, 0) is 11.3 Å². The summed E-state index contributed by atoms with van der Waals surface area (Å²) in [6.45, 7) is 3.35. The lowest BCUT2D eigenvalue weighted by molar-refractivity contribution is -0.119. The molecule has 0 heterocycles. The smallest absolute Gasteiger partial charge is 0.242 e. The van der Waals surface area contributed by atoms with E-state index in [1.165, 1.54) is 0 Å². The third-order valence-electron chi connectivity index (χ3n) is 4.10. The van der Waals surface area contributed by atoms with Crippen LogP contribution in [0, 0.1) is 0 Å². The molecule has 1 fully saturated rings. The summed E-state index contributed by atoms with van der Waals surface area (Å²) in [6, 6.07) is 10.1. The quantitative estimate of drug-likeness (QED) is 0.465. The molecule has 1 saturated carbocycles. The number of nitrogens with one attached hydrogen (secondary N) is 3. The van der Waals surface area contributed by atoms with Crippen LogP contribution in [0.2, 0.25) is 0 Å². The van der Waals surface area contributed by atoms with E-state index in [1.54, 1.807) is 0 Å². The van der Waals surface area contributed by atoms with Crippen LogP contribution in [-0.4, -0.2) is 42.2 Å². The highest BCUT2D eigenvalue weighted by Crippen LogP contribution is 2.18. The lowest BCUT2D eigenvalue weighted by Gasteiger charge is -2.27. The zero-order chi connectivity index (χ0) is 17.2. The van der Waals surface area contributed by atoms with Crippen molar-refractivity contribution in [2.24, 2.45) is 4.99 Å². The summed E-state index contributed by atoms with van der Waals surface area (Å²) in [5.74, 6) is 0.559. The molecule has 0 saturated heterocycles. The molecule has 0 unspecified atom stereocenters. The van der Waals surface area contributed by atoms with E-state index in [2.05, 4.69) is 20.9 Å². The average molecular weight is 332 g/mol. The fourth-order valence-electron chi connectivity index (χ4n) is 2.74. The summed E-state index contributed by atoms with van der Waals surface area (Å²) >= 11 is 0. The lowest BCUT2D eigenvalue weighted by atomic mass is 9.93. The van der Waals surface area contributed by atoms with Crippen molar-refractivity contribution in [2.45, 2.75) is 51.3 Å². The minimum atomic E-state index is -0.175. The van der Waals surface area contributed by atoms with Gasteiger partial charge in [0.15, 0.2) is 5.96 Å². The molecule has 1 aliphatic carbocycles. The van der Waals surface area contributed by atoms with Gasteiger partial charge in [0.1, 0.15) is 6.54 Å². The van der Waals surface area contributed by atoms with Gasteiger partial charge < -0.3 is 21.1 Å². The first-order chi connectivity index (χ1) is 11.7. The van der Waals surface area contributed by atoms with Crippen LogP contribution in [0.15, 0.2) is 35.3 Å². The number of aliphatic imine (C=N–C) groups is 1. The fourth-order valence-corrected chi connectivity index (χ4v) is 2.74. The monoisotopic (exact) mass is 332 g/mol. The van der Waals surface area contributed by atoms with Gasteiger partial charge in [-0.1, -0.05) is 30.3 Å². The van der Waals surface area contributed by atoms with Crippen molar-refractivity contribution in [1.29, 1.82) is 0 Å². The van der Waals surface area contributed by atoms with Crippen LogP contribution in [0.3, 0.4) is 0 Å². The number of aliphatic hydroxyl groups is 1. The third kappa shape index (κ3) is 6.58. The number of aliphatic hydroxyl groups excluding tert-OH is 1. The molecule has 0 spiro atoms. The highest BCUT2D eigenvalue weighted by atomic mass is 16.3. The normalized spacial score (nSPS) is 21.2. The molecular formula is C18H28N4O2. The summed E-state index contributed by atoms with van der Waals surface area (Å²) < 4.78 is 0. The molecule has 1 amide bonds. The number of carbonyl (C=O) groups is 1. The first-order valence-electron chi connectivity index (χ1n) is 8.71. The van der Waals surface area contributed by atoms with Gasteiger partial charge >= 0.3 is 0 Å². The molecule has 0 bridgehead atoms. The summed E-state index contributed by atoms with van der Waals surface area (Å²) in [5, 5.41) is 19.0. The molecule has 1 aromatic rings. The Morgan fingerprint density at radius 1 is 1.17 bits per heavy atom. The second-order valence-corrected chi connectivity index (χ2v) is 6.11. The number of carbonyl (C=O) groups excluding carboxylic acids is 1. The van der Waals surface area contributed by atoms with Crippen molar-refractivity contribution in [3.63, 3.8) is 0 Å². The average Bonchev–Trinajstić information content (AvgIpc) is 2.61. The van der Waals surface area contributed by atoms with Crippen molar-refractivity contribution in [3.05, 3.63) is 35.9 Å². The van der Waals surface area contributed by atoms with Gasteiger partial charge in [0, 0.05) is 19.1 Å². The Morgan fingerprint density at radius 3 is 2.54 bits per heavy atom. The Bertz CT molecular complexity index is 525. The SMILES string of the molecule is CCNC(=NCC(=O)NCc1ccccc1)NC1CCC(O)CC1. The molecule has 2 rings (SSSR count). The molecule has 6 heteroatoms. The van der Waals surface area contributed by atoms with Gasteiger partial charge in [0.25, 0.3) is 0 Å². The van der Waals surface area contributed by atoms with Crippen LogP contribution >= 0.6 is 0 Å². The zero-order valence-electron chi connectivity index (χ0n) is 14.3. The molecule has 0 radical (unpaired) electrons. The molecule has 0 aromatic heterocycles. The Balaban J connectivity index is 1.78. The van der Waals surface area contributed by atoms with E-state index in [1.807, 2.05) is 37.3 Å². The van der Waals surface area contributed by atoms with Crippen LogP contribution in [0.5, 0.6) is 0 Å². The van der Waals surface area contributed by atoms with E-state index in [0.29, 0.717) is 18.5 Å². The van der Waals surface area contributed by atoms with Crippen molar-refractivity contribution < 1.29 is 9.90 Å². The molecule has 1 aromatic carbocycles. The Kier molecular flexibility index (Phi) is 7.55. The Hall–Kier alpha value is -2.08. The van der Waals surface area contributed by atoms with E-state index in [9.17, 15) is 9.90 Å². The highest BCUT2D eigenvalue weighted by molar-refractivity contribution is 5.85. The van der Waals surface area contributed by atoms with E-state index in [0.717, 1.165) is 37.8 Å². The number of hydrogen-bond donors (Lipinski definition) is 4. The predicted octanol–water partition coefficient (Wildman–Crippen LogP) is 1.16. The standard InChI is InChI=1S/C18H28N4O2/c1-2-19-18(22-15-8-10-16(23)11-9-15)21-13-17(24)20-12-14-6-4-3-5-7-14/h3-7,15-16,23H,2,8-13H2,1H3,(H,20,24)(H2,19,21,22). The number of amides is 1. The van der Waals surface area contributed by atoms with Crippen LogP contribution < -0.4 is 16.0 Å². The van der Waals surface area contributed by atoms with E-state index < -0.39 is 0 Å². The van der Waals surface area contributed by atoms with Gasteiger partial charge in [-0.15, -0.1) is 0 Å². The number of rotatable bonds is 6. The number of guanidine groups is 1. The van der Waals surface area contributed by atoms with Gasteiger partial charge in [-0.2, -0.15) is 0 Å². The van der Waals surface area contributed by atoms with Gasteiger partial charge in [0.05, 0.1) is 6.10 Å². The molecule has 132 valence electrons. The summed E-state index contributed by atoms with van der Waals surface area (Å²) in [6.07, 6.45) is 3.30.